The highest BCUT2D eigenvalue weighted by molar-refractivity contribution is 7.10. The average Bonchev–Trinajstić information content (AvgIpc) is 2.78. The van der Waals surface area contributed by atoms with Crippen LogP contribution in [-0.2, 0) is 0 Å². The van der Waals surface area contributed by atoms with Crippen molar-refractivity contribution in [1.29, 1.82) is 5.26 Å². The monoisotopic (exact) mass is 229 g/mol. The van der Waals surface area contributed by atoms with Gasteiger partial charge < -0.3 is 5.73 Å². The lowest BCUT2D eigenvalue weighted by molar-refractivity contribution is 0.808. The Hall–Kier alpha value is -1.70. The molecule has 3 nitrogen and oxygen atoms in total. The lowest BCUT2D eigenvalue weighted by Gasteiger charge is -1.98. The Bertz CT molecular complexity index is 520. The first kappa shape index (κ1) is 10.8. The van der Waals surface area contributed by atoms with Crippen molar-refractivity contribution in [3.8, 4) is 17.3 Å². The van der Waals surface area contributed by atoms with E-state index in [0.717, 1.165) is 16.3 Å². The number of nitrogens with two attached hydrogens (primary N) is 1. The first-order valence-electron chi connectivity index (χ1n) is 4.92. The molecule has 1 aromatic carbocycles. The molecule has 0 saturated carbocycles. The first-order chi connectivity index (χ1) is 7.70. The maximum Gasteiger partial charge on any atom is 0.110 e. The third-order valence-electron chi connectivity index (χ3n) is 2.22. The molecule has 0 fully saturated rings. The number of nitriles is 1. The lowest BCUT2D eigenvalue weighted by atomic mass is 10.1. The normalized spacial score (nSPS) is 12.1. The molecule has 0 radical (unpaired) electrons. The molecule has 1 heterocycles. The molecule has 0 aliphatic heterocycles. The molecule has 2 N–H and O–H groups in total. The molecule has 4 heteroatoms. The van der Waals surface area contributed by atoms with Gasteiger partial charge in [-0.25, -0.2) is 4.98 Å². The van der Waals surface area contributed by atoms with E-state index in [9.17, 15) is 0 Å². The third kappa shape index (κ3) is 2.11. The summed E-state index contributed by atoms with van der Waals surface area (Å²) in [5, 5.41) is 11.6. The van der Waals surface area contributed by atoms with Crippen LogP contribution in [0, 0.1) is 11.3 Å². The van der Waals surface area contributed by atoms with Gasteiger partial charge in [-0.2, -0.15) is 5.26 Å². The summed E-state index contributed by atoms with van der Waals surface area (Å²) < 4.78 is 0. The number of aromatic nitrogens is 1. The van der Waals surface area contributed by atoms with Crippen molar-refractivity contribution in [3.63, 3.8) is 0 Å². The highest BCUT2D eigenvalue weighted by Crippen LogP contribution is 2.24. The zero-order valence-corrected chi connectivity index (χ0v) is 9.66. The van der Waals surface area contributed by atoms with Gasteiger partial charge in [-0.1, -0.05) is 12.1 Å². The molecule has 0 unspecified atom stereocenters. The highest BCUT2D eigenvalue weighted by Gasteiger charge is 2.07. The van der Waals surface area contributed by atoms with Gasteiger partial charge in [0.15, 0.2) is 0 Å². The van der Waals surface area contributed by atoms with Gasteiger partial charge in [-0.15, -0.1) is 11.3 Å². The van der Waals surface area contributed by atoms with Crippen LogP contribution in [0.25, 0.3) is 11.3 Å². The van der Waals surface area contributed by atoms with E-state index in [1.165, 1.54) is 0 Å². The Balaban J connectivity index is 2.32. The molecule has 1 atom stereocenters. The third-order valence-corrected chi connectivity index (χ3v) is 3.27. The zero-order chi connectivity index (χ0) is 11.5. The first-order valence-corrected chi connectivity index (χ1v) is 5.80. The standard InChI is InChI=1S/C12H11N3S/c1-8(14)12-15-11(7-16-12)10-4-2-9(6-13)3-5-10/h2-5,7-8H,14H2,1H3/t8-/m1/s1. The quantitative estimate of drug-likeness (QED) is 0.861. The number of hydrogen-bond donors (Lipinski definition) is 1. The van der Waals surface area contributed by atoms with Gasteiger partial charge in [0.2, 0.25) is 0 Å². The molecule has 2 aromatic rings. The Morgan fingerprint density at radius 3 is 2.56 bits per heavy atom. The second-order valence-corrected chi connectivity index (χ2v) is 4.44. The molecule has 0 saturated heterocycles. The van der Waals surface area contributed by atoms with Gasteiger partial charge in [0.05, 0.1) is 23.4 Å². The summed E-state index contributed by atoms with van der Waals surface area (Å²) >= 11 is 1.56. The van der Waals surface area contributed by atoms with Crippen molar-refractivity contribution < 1.29 is 0 Å². The van der Waals surface area contributed by atoms with Crippen LogP contribution in [0.2, 0.25) is 0 Å². The molecule has 2 rings (SSSR count). The minimum atomic E-state index is -0.0304. The van der Waals surface area contributed by atoms with E-state index in [1.54, 1.807) is 23.5 Å². The summed E-state index contributed by atoms with van der Waals surface area (Å²) in [4.78, 5) is 4.45. The number of benzene rings is 1. The summed E-state index contributed by atoms with van der Waals surface area (Å²) in [6, 6.07) is 9.45. The smallest absolute Gasteiger partial charge is 0.110 e. The Morgan fingerprint density at radius 1 is 1.38 bits per heavy atom. The molecular formula is C12H11N3S. The van der Waals surface area contributed by atoms with Gasteiger partial charge in [0, 0.05) is 10.9 Å². The molecular weight excluding hydrogens is 218 g/mol. The Labute approximate surface area is 98.2 Å². The van der Waals surface area contributed by atoms with E-state index in [1.807, 2.05) is 24.4 Å². The van der Waals surface area contributed by atoms with Crippen molar-refractivity contribution in [2.45, 2.75) is 13.0 Å². The number of thiazole rings is 1. The zero-order valence-electron chi connectivity index (χ0n) is 8.84. The van der Waals surface area contributed by atoms with E-state index >= 15 is 0 Å². The maximum atomic E-state index is 8.70. The van der Waals surface area contributed by atoms with Gasteiger partial charge in [0.1, 0.15) is 5.01 Å². The second kappa shape index (κ2) is 4.44. The van der Waals surface area contributed by atoms with Crippen molar-refractivity contribution in [2.75, 3.05) is 0 Å². The summed E-state index contributed by atoms with van der Waals surface area (Å²) in [7, 11) is 0. The summed E-state index contributed by atoms with van der Waals surface area (Å²) in [6.07, 6.45) is 0. The summed E-state index contributed by atoms with van der Waals surface area (Å²) in [6.45, 7) is 1.92. The maximum absolute atomic E-state index is 8.70. The van der Waals surface area contributed by atoms with Gasteiger partial charge in [-0.05, 0) is 19.1 Å². The molecule has 0 aliphatic carbocycles. The van der Waals surface area contributed by atoms with Gasteiger partial charge >= 0.3 is 0 Å². The van der Waals surface area contributed by atoms with Crippen LogP contribution in [0.5, 0.6) is 0 Å². The van der Waals surface area contributed by atoms with Crippen molar-refractivity contribution in [1.82, 2.24) is 4.98 Å². The minimum absolute atomic E-state index is 0.0304. The fraction of sp³-hybridized carbons (Fsp3) is 0.167. The average molecular weight is 229 g/mol. The van der Waals surface area contributed by atoms with Crippen molar-refractivity contribution in [2.24, 2.45) is 5.73 Å². The topological polar surface area (TPSA) is 62.7 Å². The lowest BCUT2D eigenvalue weighted by Crippen LogP contribution is -2.03. The SMILES string of the molecule is C[C@@H](N)c1nc(-c2ccc(C#N)cc2)cs1. The van der Waals surface area contributed by atoms with Crippen LogP contribution < -0.4 is 5.73 Å². The molecule has 1 aromatic heterocycles. The van der Waals surface area contributed by atoms with Gasteiger partial charge in [0.25, 0.3) is 0 Å². The Kier molecular flexibility index (Phi) is 3.00. The minimum Gasteiger partial charge on any atom is -0.322 e. The van der Waals surface area contributed by atoms with E-state index in [2.05, 4.69) is 11.1 Å². The predicted molar refractivity (Wildman–Crippen MR) is 64.9 cm³/mol. The Morgan fingerprint density at radius 2 is 2.06 bits per heavy atom. The number of rotatable bonds is 2. The molecule has 0 amide bonds. The highest BCUT2D eigenvalue weighted by atomic mass is 32.1. The van der Waals surface area contributed by atoms with Gasteiger partial charge in [-0.3, -0.25) is 0 Å². The van der Waals surface area contributed by atoms with E-state index in [4.69, 9.17) is 11.0 Å². The molecule has 0 bridgehead atoms. The summed E-state index contributed by atoms with van der Waals surface area (Å²) in [5.74, 6) is 0. The predicted octanol–water partition coefficient (Wildman–Crippen LogP) is 2.70. The van der Waals surface area contributed by atoms with Crippen LogP contribution >= 0.6 is 11.3 Å². The van der Waals surface area contributed by atoms with E-state index in [-0.39, 0.29) is 6.04 Å². The van der Waals surface area contributed by atoms with Crippen LogP contribution in [0.3, 0.4) is 0 Å². The molecule has 16 heavy (non-hydrogen) atoms. The van der Waals surface area contributed by atoms with Crippen LogP contribution in [-0.4, -0.2) is 4.98 Å². The number of nitrogens with zero attached hydrogens (tertiary/aromatic N) is 2. The van der Waals surface area contributed by atoms with E-state index < -0.39 is 0 Å². The summed E-state index contributed by atoms with van der Waals surface area (Å²) in [5.41, 5.74) is 8.35. The fourth-order valence-electron chi connectivity index (χ4n) is 1.34. The van der Waals surface area contributed by atoms with Crippen molar-refractivity contribution in [3.05, 3.63) is 40.2 Å². The molecule has 0 spiro atoms. The van der Waals surface area contributed by atoms with Crippen LogP contribution in [0.15, 0.2) is 29.6 Å². The molecule has 0 aliphatic rings. The van der Waals surface area contributed by atoms with E-state index in [0.29, 0.717) is 5.56 Å². The van der Waals surface area contributed by atoms with Crippen LogP contribution in [0.4, 0.5) is 0 Å². The fourth-order valence-corrected chi connectivity index (χ4v) is 2.13. The molecule has 80 valence electrons. The second-order valence-electron chi connectivity index (χ2n) is 3.55. The largest absolute Gasteiger partial charge is 0.322 e. The number of hydrogen-bond acceptors (Lipinski definition) is 4. The van der Waals surface area contributed by atoms with Crippen molar-refractivity contribution >= 4 is 11.3 Å². The van der Waals surface area contributed by atoms with Crippen LogP contribution in [0.1, 0.15) is 23.5 Å².